The zero-order valence-corrected chi connectivity index (χ0v) is 19.7. The van der Waals surface area contributed by atoms with Crippen LogP contribution in [0, 0.1) is 26.7 Å². The van der Waals surface area contributed by atoms with Gasteiger partial charge in [0.2, 0.25) is 11.8 Å². The molecule has 1 atom stereocenters. The van der Waals surface area contributed by atoms with Gasteiger partial charge in [-0.15, -0.1) is 0 Å². The second-order valence-electron chi connectivity index (χ2n) is 9.72. The van der Waals surface area contributed by atoms with Gasteiger partial charge >= 0.3 is 0 Å². The van der Waals surface area contributed by atoms with Gasteiger partial charge in [-0.25, -0.2) is 0 Å². The van der Waals surface area contributed by atoms with E-state index < -0.39 is 0 Å². The first-order valence-corrected chi connectivity index (χ1v) is 11.1. The first kappa shape index (κ1) is 23.1. The largest absolute Gasteiger partial charge is 0.483 e. The van der Waals surface area contributed by atoms with Gasteiger partial charge in [-0.05, 0) is 58.2 Å². The third-order valence-corrected chi connectivity index (χ3v) is 6.44. The van der Waals surface area contributed by atoms with Gasteiger partial charge in [0.15, 0.2) is 6.61 Å². The van der Waals surface area contributed by atoms with E-state index in [-0.39, 0.29) is 42.2 Å². The minimum atomic E-state index is -0.287. The van der Waals surface area contributed by atoms with Crippen LogP contribution in [0.4, 0.5) is 0 Å². The predicted molar refractivity (Wildman–Crippen MR) is 119 cm³/mol. The number of aryl methyl sites for hydroxylation is 2. The Morgan fingerprint density at radius 2 is 1.58 bits per heavy atom. The van der Waals surface area contributed by atoms with Crippen molar-refractivity contribution in [2.24, 2.45) is 5.92 Å². The lowest BCUT2D eigenvalue weighted by Crippen LogP contribution is -2.53. The molecule has 0 bridgehead atoms. The van der Waals surface area contributed by atoms with E-state index >= 15 is 0 Å². The van der Waals surface area contributed by atoms with Gasteiger partial charge in [0.25, 0.3) is 5.91 Å². The van der Waals surface area contributed by atoms with Crippen LogP contribution in [0.15, 0.2) is 12.1 Å². The molecule has 0 spiro atoms. The van der Waals surface area contributed by atoms with Crippen molar-refractivity contribution in [3.05, 3.63) is 28.8 Å². The number of amides is 3. The maximum absolute atomic E-state index is 12.9. The number of benzene rings is 1. The Labute approximate surface area is 185 Å². The summed E-state index contributed by atoms with van der Waals surface area (Å²) in [5, 5.41) is 0. The fourth-order valence-corrected chi connectivity index (χ4v) is 4.33. The number of carbonyl (C=O) groups excluding carboxylic acids is 3. The van der Waals surface area contributed by atoms with E-state index in [0.717, 1.165) is 22.4 Å². The van der Waals surface area contributed by atoms with Gasteiger partial charge < -0.3 is 19.4 Å². The van der Waals surface area contributed by atoms with Crippen molar-refractivity contribution in [3.63, 3.8) is 0 Å². The van der Waals surface area contributed by atoms with Crippen molar-refractivity contribution in [1.29, 1.82) is 0 Å². The topological polar surface area (TPSA) is 70.2 Å². The Kier molecular flexibility index (Phi) is 6.62. The number of hydrogen-bond acceptors (Lipinski definition) is 4. The summed E-state index contributed by atoms with van der Waals surface area (Å²) in [6.45, 7) is 14.4. The predicted octanol–water partition coefficient (Wildman–Crippen LogP) is 2.31. The summed E-state index contributed by atoms with van der Waals surface area (Å²) in [7, 11) is 0. The van der Waals surface area contributed by atoms with E-state index in [9.17, 15) is 14.4 Å². The van der Waals surface area contributed by atoms with Crippen molar-refractivity contribution in [2.75, 3.05) is 39.3 Å². The van der Waals surface area contributed by atoms with Gasteiger partial charge in [0, 0.05) is 44.7 Å². The highest BCUT2D eigenvalue weighted by molar-refractivity contribution is 5.90. The number of rotatable bonds is 4. The third kappa shape index (κ3) is 5.02. The average Bonchev–Trinajstić information content (AvgIpc) is 3.12. The Morgan fingerprint density at radius 1 is 1.00 bits per heavy atom. The molecule has 1 unspecified atom stereocenters. The summed E-state index contributed by atoms with van der Waals surface area (Å²) >= 11 is 0. The molecule has 3 amide bonds. The van der Waals surface area contributed by atoms with Crippen LogP contribution >= 0.6 is 0 Å². The fourth-order valence-electron chi connectivity index (χ4n) is 4.33. The van der Waals surface area contributed by atoms with Crippen LogP contribution in [-0.2, 0) is 14.4 Å². The molecule has 2 saturated heterocycles. The molecule has 1 aromatic carbocycles. The smallest absolute Gasteiger partial charge is 0.260 e. The molecule has 7 nitrogen and oxygen atoms in total. The fraction of sp³-hybridized carbons (Fsp3) is 0.625. The molecule has 0 aliphatic carbocycles. The standard InChI is InChI=1S/C24H35N3O4/c1-16-7-8-17(2)22(18(16)3)31-15-21(29)25-9-11-26(12-10-25)23(30)19-13-20(28)27(14-19)24(4,5)6/h7-8,19H,9-15H2,1-6H3. The molecule has 2 aliphatic heterocycles. The van der Waals surface area contributed by atoms with Crippen molar-refractivity contribution in [2.45, 2.75) is 53.5 Å². The maximum Gasteiger partial charge on any atom is 0.260 e. The van der Waals surface area contributed by atoms with Crippen LogP contribution in [0.1, 0.15) is 43.9 Å². The summed E-state index contributed by atoms with van der Waals surface area (Å²) in [5.74, 6) is 0.483. The van der Waals surface area contributed by atoms with Crippen LogP contribution in [0.5, 0.6) is 5.75 Å². The number of ether oxygens (including phenoxy) is 1. The average molecular weight is 430 g/mol. The first-order chi connectivity index (χ1) is 14.5. The Balaban J connectivity index is 1.50. The molecule has 1 aromatic rings. The molecule has 2 heterocycles. The zero-order valence-electron chi connectivity index (χ0n) is 19.7. The quantitative estimate of drug-likeness (QED) is 0.737. The number of hydrogen-bond donors (Lipinski definition) is 0. The molecular weight excluding hydrogens is 394 g/mol. The lowest BCUT2D eigenvalue weighted by atomic mass is 10.1. The Morgan fingerprint density at radius 3 is 2.16 bits per heavy atom. The second kappa shape index (κ2) is 8.89. The van der Waals surface area contributed by atoms with E-state index in [1.807, 2.05) is 53.7 Å². The summed E-state index contributed by atoms with van der Waals surface area (Å²) in [5.41, 5.74) is 2.93. The normalized spacial score (nSPS) is 19.7. The van der Waals surface area contributed by atoms with Gasteiger partial charge in [-0.2, -0.15) is 0 Å². The van der Waals surface area contributed by atoms with Crippen molar-refractivity contribution in [1.82, 2.24) is 14.7 Å². The Hall–Kier alpha value is -2.57. The maximum atomic E-state index is 12.9. The van der Waals surface area contributed by atoms with Crippen molar-refractivity contribution in [3.8, 4) is 5.75 Å². The summed E-state index contributed by atoms with van der Waals surface area (Å²) in [6.07, 6.45) is 0.276. The number of likely N-dealkylation sites (tertiary alicyclic amines) is 1. The minimum absolute atomic E-state index is 0.00322. The molecule has 0 radical (unpaired) electrons. The summed E-state index contributed by atoms with van der Waals surface area (Å²) in [6, 6.07) is 4.05. The van der Waals surface area contributed by atoms with Gasteiger partial charge in [0.05, 0.1) is 5.92 Å². The second-order valence-corrected chi connectivity index (χ2v) is 9.72. The third-order valence-electron chi connectivity index (χ3n) is 6.44. The minimum Gasteiger partial charge on any atom is -0.483 e. The van der Waals surface area contributed by atoms with E-state index in [2.05, 4.69) is 0 Å². The monoisotopic (exact) mass is 429 g/mol. The van der Waals surface area contributed by atoms with Crippen LogP contribution in [0.25, 0.3) is 0 Å². The number of carbonyl (C=O) groups is 3. The molecule has 0 saturated carbocycles. The van der Waals surface area contributed by atoms with Gasteiger partial charge in [-0.3, -0.25) is 14.4 Å². The molecule has 0 aromatic heterocycles. The molecule has 2 fully saturated rings. The van der Waals surface area contributed by atoms with E-state index in [0.29, 0.717) is 32.7 Å². The van der Waals surface area contributed by atoms with Crippen LogP contribution < -0.4 is 4.74 Å². The van der Waals surface area contributed by atoms with Crippen LogP contribution in [0.2, 0.25) is 0 Å². The van der Waals surface area contributed by atoms with Gasteiger partial charge in [-0.1, -0.05) is 12.1 Å². The summed E-state index contributed by atoms with van der Waals surface area (Å²) in [4.78, 5) is 43.2. The van der Waals surface area contributed by atoms with E-state index in [1.54, 1.807) is 14.7 Å². The van der Waals surface area contributed by atoms with Crippen LogP contribution in [0.3, 0.4) is 0 Å². The lowest BCUT2D eigenvalue weighted by molar-refractivity contribution is -0.142. The van der Waals surface area contributed by atoms with Gasteiger partial charge in [0.1, 0.15) is 5.75 Å². The SMILES string of the molecule is Cc1ccc(C)c(OCC(=O)N2CCN(C(=O)C3CC(=O)N(C(C)(C)C)C3)CC2)c1C. The highest BCUT2D eigenvalue weighted by Gasteiger charge is 2.41. The van der Waals surface area contributed by atoms with E-state index in [4.69, 9.17) is 4.74 Å². The summed E-state index contributed by atoms with van der Waals surface area (Å²) < 4.78 is 5.86. The highest BCUT2D eigenvalue weighted by atomic mass is 16.5. The molecular formula is C24H35N3O4. The van der Waals surface area contributed by atoms with Crippen LogP contribution in [-0.4, -0.2) is 77.3 Å². The number of piperazine rings is 1. The molecule has 170 valence electrons. The zero-order chi connectivity index (χ0) is 22.9. The van der Waals surface area contributed by atoms with E-state index in [1.165, 1.54) is 0 Å². The molecule has 31 heavy (non-hydrogen) atoms. The first-order valence-electron chi connectivity index (χ1n) is 11.1. The Bertz CT molecular complexity index is 866. The molecule has 7 heteroatoms. The lowest BCUT2D eigenvalue weighted by Gasteiger charge is -2.36. The molecule has 0 N–H and O–H groups in total. The highest BCUT2D eigenvalue weighted by Crippen LogP contribution is 2.28. The van der Waals surface area contributed by atoms with Crippen molar-refractivity contribution < 1.29 is 19.1 Å². The number of nitrogens with zero attached hydrogens (tertiary/aromatic N) is 3. The molecule has 2 aliphatic rings. The molecule has 3 rings (SSSR count). The van der Waals surface area contributed by atoms with Crippen molar-refractivity contribution >= 4 is 17.7 Å².